The fourth-order valence-electron chi connectivity index (χ4n) is 2.57. The van der Waals surface area contributed by atoms with Gasteiger partial charge in [0.2, 0.25) is 0 Å². The Kier molecular flexibility index (Phi) is 3.40. The molecular formula is C14H11O2PS-2. The first-order valence-electron chi connectivity index (χ1n) is 5.73. The highest BCUT2D eigenvalue weighted by Crippen LogP contribution is 2.45. The molecule has 2 aromatic rings. The average molecular weight is 274 g/mol. The van der Waals surface area contributed by atoms with E-state index in [-0.39, 0.29) is 5.92 Å². The van der Waals surface area contributed by atoms with Crippen LogP contribution in [0.25, 0.3) is 11.1 Å². The highest BCUT2D eigenvalue weighted by Gasteiger charge is 2.27. The smallest absolute Gasteiger partial charge is 0.0577 e. The van der Waals surface area contributed by atoms with E-state index in [2.05, 4.69) is 36.5 Å². The fraction of sp³-hybridized carbons (Fsp3) is 0.143. The van der Waals surface area contributed by atoms with Crippen molar-refractivity contribution in [3.8, 4) is 11.1 Å². The van der Waals surface area contributed by atoms with E-state index in [1.807, 2.05) is 24.3 Å². The van der Waals surface area contributed by atoms with E-state index < -0.39 is 7.58 Å². The van der Waals surface area contributed by atoms with Crippen molar-refractivity contribution in [1.82, 2.24) is 0 Å². The van der Waals surface area contributed by atoms with E-state index >= 15 is 0 Å². The van der Waals surface area contributed by atoms with Crippen LogP contribution in [-0.2, 0) is 16.8 Å². The van der Waals surface area contributed by atoms with Gasteiger partial charge in [0.25, 0.3) is 0 Å². The van der Waals surface area contributed by atoms with Gasteiger partial charge in [-0.25, -0.2) is 7.58 Å². The molecule has 18 heavy (non-hydrogen) atoms. The van der Waals surface area contributed by atoms with Crippen LogP contribution < -0.4 is 4.89 Å². The third kappa shape index (κ3) is 2.08. The van der Waals surface area contributed by atoms with Gasteiger partial charge in [-0.2, -0.15) is 0 Å². The summed E-state index contributed by atoms with van der Waals surface area (Å²) in [5, 5.41) is 0. The summed E-state index contributed by atoms with van der Waals surface area (Å²) in [6.07, 6.45) is 0. The zero-order valence-electron chi connectivity index (χ0n) is 9.58. The topological polar surface area (TPSA) is 32.3 Å². The number of rotatable bonds is 3. The Hall–Kier alpha value is -0.860. The van der Waals surface area contributed by atoms with Crippen LogP contribution in [0.1, 0.15) is 17.0 Å². The Bertz CT molecular complexity index is 526. The summed E-state index contributed by atoms with van der Waals surface area (Å²) in [5.41, 5.74) is 4.93. The van der Waals surface area contributed by atoms with Crippen molar-refractivity contribution in [3.05, 3.63) is 59.7 Å². The highest BCUT2D eigenvalue weighted by molar-refractivity contribution is 8.28. The second-order valence-electron chi connectivity index (χ2n) is 4.25. The molecule has 2 nitrogen and oxygen atoms in total. The van der Waals surface area contributed by atoms with E-state index in [0.29, 0.717) is 6.61 Å². The molecule has 0 spiro atoms. The van der Waals surface area contributed by atoms with Crippen LogP contribution in [0.15, 0.2) is 48.5 Å². The van der Waals surface area contributed by atoms with Gasteiger partial charge in [-0.3, -0.25) is 0 Å². The third-order valence-corrected chi connectivity index (χ3v) is 3.99. The molecule has 1 atom stereocenters. The van der Waals surface area contributed by atoms with Crippen LogP contribution in [-0.4, -0.2) is 6.61 Å². The third-order valence-electron chi connectivity index (χ3n) is 3.31. The number of hydrogen-bond acceptors (Lipinski definition) is 3. The van der Waals surface area contributed by atoms with E-state index in [4.69, 9.17) is 4.52 Å². The van der Waals surface area contributed by atoms with Crippen LogP contribution in [0.2, 0.25) is 0 Å². The lowest BCUT2D eigenvalue weighted by Crippen LogP contribution is -2.07. The first kappa shape index (κ1) is 12.2. The van der Waals surface area contributed by atoms with Gasteiger partial charge in [0.05, 0.1) is 6.61 Å². The van der Waals surface area contributed by atoms with Gasteiger partial charge in [-0.1, -0.05) is 48.5 Å². The van der Waals surface area contributed by atoms with E-state index in [0.717, 1.165) is 0 Å². The molecule has 3 rings (SSSR count). The number of hydrogen-bond donors (Lipinski definition) is 0. The Morgan fingerprint density at radius 3 is 2.00 bits per heavy atom. The summed E-state index contributed by atoms with van der Waals surface area (Å²) < 4.78 is 5.16. The minimum absolute atomic E-state index is 0.138. The first-order chi connectivity index (χ1) is 8.77. The second-order valence-corrected chi connectivity index (χ2v) is 5.85. The molecule has 2 aromatic carbocycles. The molecule has 92 valence electrons. The maximum Gasteiger partial charge on any atom is 0.0577 e. The minimum Gasteiger partial charge on any atom is -0.827 e. The maximum atomic E-state index is 11.0. The van der Waals surface area contributed by atoms with E-state index in [9.17, 15) is 4.89 Å². The Labute approximate surface area is 113 Å². The molecule has 1 aliphatic rings. The Morgan fingerprint density at radius 2 is 1.50 bits per heavy atom. The standard InChI is InChI=1S/C14H11O2PS/c15-17(18)16-9-14-12-7-3-1-5-10(12)11-6-2-4-8-13(11)14/h1-8,14H,9H2/q-2. The summed E-state index contributed by atoms with van der Waals surface area (Å²) >= 11 is 4.60. The summed E-state index contributed by atoms with van der Waals surface area (Å²) in [6.45, 7) is 0.382. The zero-order valence-corrected chi connectivity index (χ0v) is 11.3. The normalized spacial score (nSPS) is 15.2. The molecular weight excluding hydrogens is 263 g/mol. The molecule has 0 N–H and O–H groups in total. The Morgan fingerprint density at radius 1 is 1.00 bits per heavy atom. The van der Waals surface area contributed by atoms with Gasteiger partial charge in [-0.05, 0) is 22.3 Å². The van der Waals surface area contributed by atoms with Crippen molar-refractivity contribution in [2.75, 3.05) is 6.61 Å². The summed E-state index contributed by atoms with van der Waals surface area (Å²) in [5.74, 6) is 0.138. The molecule has 1 unspecified atom stereocenters. The van der Waals surface area contributed by atoms with Crippen LogP contribution >= 0.6 is 7.58 Å². The highest BCUT2D eigenvalue weighted by atomic mass is 32.7. The van der Waals surface area contributed by atoms with Gasteiger partial charge in [0.15, 0.2) is 0 Å². The van der Waals surface area contributed by atoms with Crippen LogP contribution in [0.5, 0.6) is 0 Å². The molecule has 1 aliphatic carbocycles. The van der Waals surface area contributed by atoms with Crippen molar-refractivity contribution in [2.24, 2.45) is 0 Å². The van der Waals surface area contributed by atoms with Crippen LogP contribution in [0.3, 0.4) is 0 Å². The average Bonchev–Trinajstić information content (AvgIpc) is 2.71. The summed E-state index contributed by atoms with van der Waals surface area (Å²) in [4.78, 5) is 11.0. The fourth-order valence-corrected chi connectivity index (χ4v) is 3.03. The molecule has 4 heteroatoms. The number of benzene rings is 2. The largest absolute Gasteiger partial charge is 0.827 e. The predicted octanol–water partition coefficient (Wildman–Crippen LogP) is 2.95. The molecule has 0 bridgehead atoms. The van der Waals surface area contributed by atoms with Gasteiger partial charge in [0.1, 0.15) is 0 Å². The van der Waals surface area contributed by atoms with Gasteiger partial charge >= 0.3 is 0 Å². The van der Waals surface area contributed by atoms with Crippen molar-refractivity contribution in [3.63, 3.8) is 0 Å². The molecule has 0 aromatic heterocycles. The van der Waals surface area contributed by atoms with Crippen molar-refractivity contribution < 1.29 is 9.42 Å². The minimum atomic E-state index is -1.96. The maximum absolute atomic E-state index is 11.0. The van der Waals surface area contributed by atoms with Crippen LogP contribution in [0.4, 0.5) is 0 Å². The van der Waals surface area contributed by atoms with Gasteiger partial charge in [-0.15, -0.1) is 0 Å². The Balaban J connectivity index is 2.03. The van der Waals surface area contributed by atoms with Gasteiger partial charge in [0, 0.05) is 5.92 Å². The number of fused-ring (bicyclic) bond motifs is 3. The summed E-state index contributed by atoms with van der Waals surface area (Å²) in [7, 11) is -1.96. The molecule has 0 heterocycles. The van der Waals surface area contributed by atoms with Crippen molar-refractivity contribution in [2.45, 2.75) is 5.92 Å². The van der Waals surface area contributed by atoms with E-state index in [1.54, 1.807) is 0 Å². The SMILES string of the molecule is [O-]P([S-])OCC1c2ccccc2-c2ccccc21. The van der Waals surface area contributed by atoms with Crippen molar-refractivity contribution in [1.29, 1.82) is 0 Å². The zero-order chi connectivity index (χ0) is 12.5. The van der Waals surface area contributed by atoms with Crippen LogP contribution in [0, 0.1) is 0 Å². The lowest BCUT2D eigenvalue weighted by atomic mass is 9.98. The van der Waals surface area contributed by atoms with E-state index in [1.165, 1.54) is 22.3 Å². The van der Waals surface area contributed by atoms with Gasteiger partial charge < -0.3 is 21.7 Å². The molecule has 0 saturated carbocycles. The predicted molar refractivity (Wildman–Crippen MR) is 74.0 cm³/mol. The molecule has 0 radical (unpaired) electrons. The molecule has 0 amide bonds. The molecule has 0 fully saturated rings. The lowest BCUT2D eigenvalue weighted by Gasteiger charge is -2.32. The lowest BCUT2D eigenvalue weighted by molar-refractivity contribution is -0.172. The quantitative estimate of drug-likeness (QED) is 0.637. The molecule has 0 aliphatic heterocycles. The molecule has 0 saturated heterocycles. The summed E-state index contributed by atoms with van der Waals surface area (Å²) in [6, 6.07) is 16.5. The first-order valence-corrected chi connectivity index (χ1v) is 7.92. The second kappa shape index (κ2) is 5.02. The van der Waals surface area contributed by atoms with Crippen molar-refractivity contribution >= 4 is 19.8 Å². The monoisotopic (exact) mass is 274 g/mol.